The lowest BCUT2D eigenvalue weighted by Crippen LogP contribution is -2.13. The van der Waals surface area contributed by atoms with Crippen molar-refractivity contribution in [1.82, 2.24) is 9.97 Å². The average molecular weight is 289 g/mol. The molecule has 114 valence electrons. The SMILES string of the molecule is CCCNc1cc(CC(C)C)nc(CCC(F)(F)F)n1. The highest BCUT2D eigenvalue weighted by Gasteiger charge is 2.27. The maximum Gasteiger partial charge on any atom is 0.389 e. The van der Waals surface area contributed by atoms with Gasteiger partial charge in [-0.15, -0.1) is 0 Å². The Balaban J connectivity index is 2.85. The van der Waals surface area contributed by atoms with E-state index in [4.69, 9.17) is 0 Å². The van der Waals surface area contributed by atoms with E-state index in [1.807, 2.05) is 13.0 Å². The topological polar surface area (TPSA) is 37.8 Å². The molecule has 0 saturated heterocycles. The molecule has 0 amide bonds. The second-order valence-corrected chi connectivity index (χ2v) is 5.30. The summed E-state index contributed by atoms with van der Waals surface area (Å²) in [7, 11) is 0. The number of rotatable bonds is 7. The van der Waals surface area contributed by atoms with Gasteiger partial charge in [0.25, 0.3) is 0 Å². The first-order chi connectivity index (χ1) is 9.30. The predicted molar refractivity (Wildman–Crippen MR) is 73.7 cm³/mol. The molecule has 0 aromatic carbocycles. The van der Waals surface area contributed by atoms with Crippen molar-refractivity contribution in [2.75, 3.05) is 11.9 Å². The van der Waals surface area contributed by atoms with E-state index in [2.05, 4.69) is 29.1 Å². The van der Waals surface area contributed by atoms with Crippen LogP contribution in [0.3, 0.4) is 0 Å². The van der Waals surface area contributed by atoms with Crippen LogP contribution in [0.2, 0.25) is 0 Å². The van der Waals surface area contributed by atoms with Crippen molar-refractivity contribution in [3.63, 3.8) is 0 Å². The highest BCUT2D eigenvalue weighted by atomic mass is 19.4. The Labute approximate surface area is 118 Å². The van der Waals surface area contributed by atoms with Gasteiger partial charge in [0.2, 0.25) is 0 Å². The molecule has 0 fully saturated rings. The molecule has 3 nitrogen and oxygen atoms in total. The first-order valence-corrected chi connectivity index (χ1v) is 6.97. The first-order valence-electron chi connectivity index (χ1n) is 6.97. The summed E-state index contributed by atoms with van der Waals surface area (Å²) in [4.78, 5) is 8.39. The minimum absolute atomic E-state index is 0.170. The van der Waals surface area contributed by atoms with Gasteiger partial charge in [-0.3, -0.25) is 0 Å². The van der Waals surface area contributed by atoms with Crippen molar-refractivity contribution in [3.05, 3.63) is 17.6 Å². The Hall–Kier alpha value is -1.33. The fourth-order valence-electron chi connectivity index (χ4n) is 1.78. The fourth-order valence-corrected chi connectivity index (χ4v) is 1.78. The van der Waals surface area contributed by atoms with Crippen molar-refractivity contribution >= 4 is 5.82 Å². The monoisotopic (exact) mass is 289 g/mol. The molecule has 0 aliphatic carbocycles. The molecule has 0 atom stereocenters. The lowest BCUT2D eigenvalue weighted by molar-refractivity contribution is -0.134. The van der Waals surface area contributed by atoms with Crippen LogP contribution in [-0.2, 0) is 12.8 Å². The quantitative estimate of drug-likeness (QED) is 0.824. The lowest BCUT2D eigenvalue weighted by atomic mass is 10.1. The maximum atomic E-state index is 12.3. The largest absolute Gasteiger partial charge is 0.389 e. The third-order valence-electron chi connectivity index (χ3n) is 2.63. The van der Waals surface area contributed by atoms with Crippen LogP contribution in [0.4, 0.5) is 19.0 Å². The number of alkyl halides is 3. The molecular weight excluding hydrogens is 267 g/mol. The Morgan fingerprint density at radius 2 is 1.95 bits per heavy atom. The van der Waals surface area contributed by atoms with Crippen LogP contribution in [0.5, 0.6) is 0 Å². The summed E-state index contributed by atoms with van der Waals surface area (Å²) in [6.45, 7) is 6.87. The molecule has 0 unspecified atom stereocenters. The van der Waals surface area contributed by atoms with Gasteiger partial charge in [0.05, 0.1) is 6.42 Å². The summed E-state index contributed by atoms with van der Waals surface area (Å²) in [5, 5.41) is 3.11. The summed E-state index contributed by atoms with van der Waals surface area (Å²) in [5.74, 6) is 1.29. The molecule has 0 aliphatic heterocycles. The molecule has 1 aromatic rings. The third-order valence-corrected chi connectivity index (χ3v) is 2.63. The number of anilines is 1. The lowest BCUT2D eigenvalue weighted by Gasteiger charge is -2.11. The normalized spacial score (nSPS) is 11.9. The average Bonchev–Trinajstić information content (AvgIpc) is 2.32. The summed E-state index contributed by atoms with van der Waals surface area (Å²) >= 11 is 0. The molecule has 0 aliphatic rings. The Bertz CT molecular complexity index is 417. The summed E-state index contributed by atoms with van der Waals surface area (Å²) in [6, 6.07) is 1.83. The summed E-state index contributed by atoms with van der Waals surface area (Å²) in [5.41, 5.74) is 0.797. The number of aromatic nitrogens is 2. The maximum absolute atomic E-state index is 12.3. The van der Waals surface area contributed by atoms with Crippen molar-refractivity contribution in [2.24, 2.45) is 5.92 Å². The minimum atomic E-state index is -4.17. The van der Waals surface area contributed by atoms with Crippen molar-refractivity contribution in [1.29, 1.82) is 0 Å². The second kappa shape index (κ2) is 7.45. The number of hydrogen-bond donors (Lipinski definition) is 1. The van der Waals surface area contributed by atoms with Gasteiger partial charge in [-0.25, -0.2) is 9.97 Å². The van der Waals surface area contributed by atoms with Crippen molar-refractivity contribution < 1.29 is 13.2 Å². The Kier molecular flexibility index (Phi) is 6.23. The van der Waals surface area contributed by atoms with Crippen molar-refractivity contribution in [3.8, 4) is 0 Å². The number of aryl methyl sites for hydroxylation is 1. The molecule has 0 radical (unpaired) electrons. The minimum Gasteiger partial charge on any atom is -0.370 e. The van der Waals surface area contributed by atoms with E-state index in [0.29, 0.717) is 11.7 Å². The van der Waals surface area contributed by atoms with E-state index >= 15 is 0 Å². The Morgan fingerprint density at radius 1 is 1.25 bits per heavy atom. The smallest absolute Gasteiger partial charge is 0.370 e. The fraction of sp³-hybridized carbons (Fsp3) is 0.714. The van der Waals surface area contributed by atoms with Gasteiger partial charge in [0.1, 0.15) is 11.6 Å². The van der Waals surface area contributed by atoms with Gasteiger partial charge in [0, 0.05) is 24.7 Å². The van der Waals surface area contributed by atoms with E-state index in [1.165, 1.54) is 0 Å². The molecule has 1 heterocycles. The van der Waals surface area contributed by atoms with Crippen LogP contribution >= 0.6 is 0 Å². The van der Waals surface area contributed by atoms with Gasteiger partial charge in [0.15, 0.2) is 0 Å². The molecule has 0 bridgehead atoms. The number of nitrogens with zero attached hydrogens (tertiary/aromatic N) is 2. The van der Waals surface area contributed by atoms with Gasteiger partial charge >= 0.3 is 6.18 Å². The van der Waals surface area contributed by atoms with Gasteiger partial charge in [-0.2, -0.15) is 13.2 Å². The summed E-state index contributed by atoms with van der Waals surface area (Å²) < 4.78 is 36.9. The molecule has 0 saturated carbocycles. The molecule has 1 N–H and O–H groups in total. The number of halogens is 3. The molecule has 1 rings (SSSR count). The standard InChI is InChI=1S/C14H22F3N3/c1-4-7-18-13-9-11(8-10(2)3)19-12(20-13)5-6-14(15,16)17/h9-10H,4-8H2,1-3H3,(H,18,19,20). The first kappa shape index (κ1) is 16.7. The van der Waals surface area contributed by atoms with Crippen LogP contribution in [0, 0.1) is 5.92 Å². The van der Waals surface area contributed by atoms with Crippen LogP contribution < -0.4 is 5.32 Å². The zero-order chi connectivity index (χ0) is 15.2. The zero-order valence-corrected chi connectivity index (χ0v) is 12.2. The van der Waals surface area contributed by atoms with Gasteiger partial charge < -0.3 is 5.32 Å². The van der Waals surface area contributed by atoms with E-state index in [0.717, 1.165) is 25.1 Å². The second-order valence-electron chi connectivity index (χ2n) is 5.30. The molecule has 1 aromatic heterocycles. The van der Waals surface area contributed by atoms with E-state index in [9.17, 15) is 13.2 Å². The molecule has 0 spiro atoms. The van der Waals surface area contributed by atoms with E-state index < -0.39 is 12.6 Å². The van der Waals surface area contributed by atoms with E-state index in [1.54, 1.807) is 0 Å². The van der Waals surface area contributed by atoms with Crippen LogP contribution in [0.15, 0.2) is 6.07 Å². The number of hydrogen-bond acceptors (Lipinski definition) is 3. The molecule has 6 heteroatoms. The highest BCUT2D eigenvalue weighted by molar-refractivity contribution is 5.36. The molecular formula is C14H22F3N3. The summed E-state index contributed by atoms with van der Waals surface area (Å²) in [6.07, 6.45) is -3.56. The third kappa shape index (κ3) is 6.73. The van der Waals surface area contributed by atoms with Crippen LogP contribution in [-0.4, -0.2) is 22.7 Å². The van der Waals surface area contributed by atoms with Gasteiger partial charge in [-0.05, 0) is 18.8 Å². The van der Waals surface area contributed by atoms with Gasteiger partial charge in [-0.1, -0.05) is 20.8 Å². The Morgan fingerprint density at radius 3 is 2.50 bits per heavy atom. The van der Waals surface area contributed by atoms with Crippen LogP contribution in [0.25, 0.3) is 0 Å². The number of nitrogens with one attached hydrogen (secondary N) is 1. The molecule has 20 heavy (non-hydrogen) atoms. The van der Waals surface area contributed by atoms with E-state index in [-0.39, 0.29) is 12.2 Å². The predicted octanol–water partition coefficient (Wildman–Crippen LogP) is 3.99. The zero-order valence-electron chi connectivity index (χ0n) is 12.2. The van der Waals surface area contributed by atoms with Crippen molar-refractivity contribution in [2.45, 2.75) is 52.6 Å². The highest BCUT2D eigenvalue weighted by Crippen LogP contribution is 2.22. The van der Waals surface area contributed by atoms with Crippen LogP contribution in [0.1, 0.15) is 45.1 Å².